The van der Waals surface area contributed by atoms with Gasteiger partial charge in [0.25, 0.3) is 0 Å². The van der Waals surface area contributed by atoms with Crippen LogP contribution in [0.25, 0.3) is 0 Å². The van der Waals surface area contributed by atoms with E-state index in [1.54, 1.807) is 12.4 Å². The quantitative estimate of drug-likeness (QED) is 0.795. The Balaban J connectivity index is 1.26. The molecule has 29 heavy (non-hydrogen) atoms. The number of nitrogens with zero attached hydrogens (tertiary/aromatic N) is 3. The lowest BCUT2D eigenvalue weighted by Crippen LogP contribution is -2.47. The highest BCUT2D eigenvalue weighted by molar-refractivity contribution is 5.82. The molecule has 1 saturated carbocycles. The van der Waals surface area contributed by atoms with Gasteiger partial charge in [-0.15, -0.1) is 0 Å². The van der Waals surface area contributed by atoms with E-state index in [0.29, 0.717) is 24.9 Å². The summed E-state index contributed by atoms with van der Waals surface area (Å²) in [6, 6.07) is 5.42. The van der Waals surface area contributed by atoms with Gasteiger partial charge in [-0.05, 0) is 42.0 Å². The minimum atomic E-state index is -0.733. The normalized spacial score (nSPS) is 29.2. The number of carbonyl (C=O) groups is 1. The van der Waals surface area contributed by atoms with Gasteiger partial charge in [0, 0.05) is 36.8 Å². The molecular weight excluding hydrogens is 376 g/mol. The molecule has 2 aromatic rings. The molecule has 3 aliphatic rings. The van der Waals surface area contributed by atoms with E-state index in [1.807, 2.05) is 4.90 Å². The molecular formula is C22H19F2N3O2. The molecule has 148 valence electrons. The Hall–Kier alpha value is -3.01. The fourth-order valence-corrected chi connectivity index (χ4v) is 5.01. The minimum absolute atomic E-state index is 0.0113. The number of pyridine rings is 1. The number of hydrogen-bond donors (Lipinski definition) is 0. The van der Waals surface area contributed by atoms with E-state index in [1.165, 1.54) is 6.07 Å². The number of ether oxygens (including phenoxy) is 1. The first-order valence-electron chi connectivity index (χ1n) is 9.78. The van der Waals surface area contributed by atoms with Crippen LogP contribution in [0.5, 0.6) is 5.75 Å². The van der Waals surface area contributed by atoms with Crippen molar-refractivity contribution in [2.24, 2.45) is 11.8 Å². The molecule has 3 atom stereocenters. The van der Waals surface area contributed by atoms with Crippen LogP contribution in [0.1, 0.15) is 48.4 Å². The monoisotopic (exact) mass is 395 g/mol. The lowest BCUT2D eigenvalue weighted by molar-refractivity contribution is -0.143. The summed E-state index contributed by atoms with van der Waals surface area (Å²) in [6.45, 7) is 2.77. The second kappa shape index (κ2) is 6.51. The summed E-state index contributed by atoms with van der Waals surface area (Å²) in [4.78, 5) is 19.2. The molecule has 7 heteroatoms. The maximum Gasteiger partial charge on any atom is 0.226 e. The van der Waals surface area contributed by atoms with Crippen molar-refractivity contribution in [2.45, 2.75) is 37.8 Å². The molecule has 5 rings (SSSR count). The molecule has 2 fully saturated rings. The maximum absolute atomic E-state index is 13.8. The average molecular weight is 395 g/mol. The summed E-state index contributed by atoms with van der Waals surface area (Å²) in [5.74, 6) is -0.979. The van der Waals surface area contributed by atoms with E-state index in [-0.39, 0.29) is 41.6 Å². The summed E-state index contributed by atoms with van der Waals surface area (Å²) in [5.41, 5.74) is 2.62. The van der Waals surface area contributed by atoms with Crippen molar-refractivity contribution in [3.05, 3.63) is 58.9 Å². The molecule has 1 unspecified atom stereocenters. The first-order chi connectivity index (χ1) is 14.0. The van der Waals surface area contributed by atoms with Gasteiger partial charge in [0.05, 0.1) is 11.6 Å². The van der Waals surface area contributed by atoms with E-state index >= 15 is 0 Å². The highest BCUT2D eigenvalue weighted by Crippen LogP contribution is 2.58. The van der Waals surface area contributed by atoms with Crippen LogP contribution in [0.2, 0.25) is 0 Å². The van der Waals surface area contributed by atoms with Crippen molar-refractivity contribution in [3.8, 4) is 11.8 Å². The zero-order valence-electron chi connectivity index (χ0n) is 15.8. The van der Waals surface area contributed by atoms with Crippen LogP contribution in [0.15, 0.2) is 30.6 Å². The summed E-state index contributed by atoms with van der Waals surface area (Å²) in [5, 5.41) is 9.35. The van der Waals surface area contributed by atoms with Crippen molar-refractivity contribution >= 4 is 5.91 Å². The SMILES string of the molecule is C[C@H]1CN(C(=O)C2CC(Oc3ccc(F)cc3F)C2)[C@@H]2c3cncc(C#N)c3C21. The minimum Gasteiger partial charge on any atom is -0.487 e. The maximum atomic E-state index is 13.8. The summed E-state index contributed by atoms with van der Waals surface area (Å²) < 4.78 is 32.4. The smallest absolute Gasteiger partial charge is 0.226 e. The zero-order valence-corrected chi connectivity index (χ0v) is 15.8. The fraction of sp³-hybridized carbons (Fsp3) is 0.409. The summed E-state index contributed by atoms with van der Waals surface area (Å²) in [7, 11) is 0. The Morgan fingerprint density at radius 3 is 2.83 bits per heavy atom. The number of carbonyl (C=O) groups excluding carboxylic acids is 1. The molecule has 1 saturated heterocycles. The number of benzene rings is 1. The first-order valence-corrected chi connectivity index (χ1v) is 9.78. The second-order valence-electron chi connectivity index (χ2n) is 8.22. The van der Waals surface area contributed by atoms with Crippen LogP contribution < -0.4 is 4.74 Å². The zero-order chi connectivity index (χ0) is 20.3. The van der Waals surface area contributed by atoms with E-state index in [4.69, 9.17) is 4.74 Å². The van der Waals surface area contributed by atoms with Crippen molar-refractivity contribution in [3.63, 3.8) is 0 Å². The van der Waals surface area contributed by atoms with E-state index in [0.717, 1.165) is 23.3 Å². The Bertz CT molecular complexity index is 1040. The van der Waals surface area contributed by atoms with Crippen molar-refractivity contribution in [2.75, 3.05) is 6.54 Å². The number of nitriles is 1. The number of halogens is 2. The predicted octanol–water partition coefficient (Wildman–Crippen LogP) is 3.71. The summed E-state index contributed by atoms with van der Waals surface area (Å²) in [6.07, 6.45) is 4.14. The van der Waals surface area contributed by atoms with Gasteiger partial charge >= 0.3 is 0 Å². The third kappa shape index (κ3) is 2.70. The Morgan fingerprint density at radius 2 is 2.10 bits per heavy atom. The van der Waals surface area contributed by atoms with E-state index in [9.17, 15) is 18.8 Å². The lowest BCUT2D eigenvalue weighted by atomic mass is 9.69. The first kappa shape index (κ1) is 18.0. The molecule has 5 nitrogen and oxygen atoms in total. The topological polar surface area (TPSA) is 66.2 Å². The van der Waals surface area contributed by atoms with Gasteiger partial charge in [0.15, 0.2) is 11.6 Å². The van der Waals surface area contributed by atoms with E-state index in [2.05, 4.69) is 18.0 Å². The molecule has 2 aliphatic carbocycles. The second-order valence-corrected chi connectivity index (χ2v) is 8.22. The van der Waals surface area contributed by atoms with Gasteiger partial charge in [0.1, 0.15) is 18.0 Å². The Kier molecular flexibility index (Phi) is 4.05. The molecule has 0 radical (unpaired) electrons. The lowest BCUT2D eigenvalue weighted by Gasteiger charge is -2.43. The van der Waals surface area contributed by atoms with Crippen molar-refractivity contribution < 1.29 is 18.3 Å². The molecule has 2 heterocycles. The number of rotatable bonds is 3. The molecule has 0 N–H and O–H groups in total. The highest BCUT2D eigenvalue weighted by Gasteiger charge is 2.54. The van der Waals surface area contributed by atoms with Crippen molar-refractivity contribution in [1.82, 2.24) is 9.88 Å². The highest BCUT2D eigenvalue weighted by atomic mass is 19.1. The van der Waals surface area contributed by atoms with Crippen molar-refractivity contribution in [1.29, 1.82) is 5.26 Å². The molecule has 1 aromatic heterocycles. The molecule has 1 amide bonds. The fourth-order valence-electron chi connectivity index (χ4n) is 5.01. The summed E-state index contributed by atoms with van der Waals surface area (Å²) >= 11 is 0. The van der Waals surface area contributed by atoms with Gasteiger partial charge < -0.3 is 9.64 Å². The van der Waals surface area contributed by atoms with Gasteiger partial charge in [-0.1, -0.05) is 6.92 Å². The Morgan fingerprint density at radius 1 is 1.31 bits per heavy atom. The average Bonchev–Trinajstić information content (AvgIpc) is 2.94. The van der Waals surface area contributed by atoms with Crippen LogP contribution in [0, 0.1) is 34.8 Å². The molecule has 0 bridgehead atoms. The largest absolute Gasteiger partial charge is 0.487 e. The number of amides is 1. The predicted molar refractivity (Wildman–Crippen MR) is 98.8 cm³/mol. The van der Waals surface area contributed by atoms with Crippen LogP contribution in [-0.2, 0) is 4.79 Å². The third-order valence-corrected chi connectivity index (χ3v) is 6.48. The molecule has 1 aliphatic heterocycles. The standard InChI is InChI=1S/C22H19F2N3O2/c1-11-10-27(21-16-9-26-8-13(7-25)20(16)19(11)21)22(28)12-4-15(5-12)29-18-3-2-14(23)6-17(18)24/h2-3,6,8-9,11-12,15,19,21H,4-5,10H2,1H3/t11-,12?,15?,19?,21+/m0/s1. The number of hydrogen-bond acceptors (Lipinski definition) is 4. The van der Waals surface area contributed by atoms with Gasteiger partial charge in [-0.3, -0.25) is 9.78 Å². The van der Waals surface area contributed by atoms with Gasteiger partial charge in [-0.25, -0.2) is 8.78 Å². The van der Waals surface area contributed by atoms with Crippen LogP contribution in [0.4, 0.5) is 8.78 Å². The third-order valence-electron chi connectivity index (χ3n) is 6.48. The number of aromatic nitrogens is 1. The van der Waals surface area contributed by atoms with E-state index < -0.39 is 11.6 Å². The number of likely N-dealkylation sites (tertiary alicyclic amines) is 1. The van der Waals surface area contributed by atoms with Gasteiger partial charge in [0.2, 0.25) is 5.91 Å². The molecule has 0 spiro atoms. The van der Waals surface area contributed by atoms with Gasteiger partial charge in [-0.2, -0.15) is 5.26 Å². The van der Waals surface area contributed by atoms with Crippen LogP contribution in [-0.4, -0.2) is 28.4 Å². The number of fused-ring (bicyclic) bond motifs is 4. The Labute approximate surface area is 166 Å². The van der Waals surface area contributed by atoms with Crippen LogP contribution >= 0.6 is 0 Å². The molecule has 1 aromatic carbocycles. The van der Waals surface area contributed by atoms with Crippen LogP contribution in [0.3, 0.4) is 0 Å².